The van der Waals surface area contributed by atoms with Crippen LogP contribution in [0, 0.1) is 63.1 Å². The van der Waals surface area contributed by atoms with Crippen LogP contribution in [0.15, 0.2) is 47.6 Å². The predicted octanol–water partition coefficient (Wildman–Crippen LogP) is 3.36. The van der Waals surface area contributed by atoms with Crippen LogP contribution in [0.4, 0.5) is 0 Å². The summed E-state index contributed by atoms with van der Waals surface area (Å²) in [5.74, 6) is -0.303. The summed E-state index contributed by atoms with van der Waals surface area (Å²) in [5, 5.41) is 63.5. The summed E-state index contributed by atoms with van der Waals surface area (Å²) in [6.07, 6.45) is 14.6. The number of Topliss-reactive ketones (excluding diaryl/α,β-unsaturated/α-hetero) is 2. The van der Waals surface area contributed by atoms with E-state index in [1.54, 1.807) is 24.3 Å². The minimum absolute atomic E-state index is 0.00620. The van der Waals surface area contributed by atoms with Gasteiger partial charge in [-0.05, 0) is 112 Å². The lowest BCUT2D eigenvalue weighted by molar-refractivity contribution is -0.180. The zero-order valence-electron chi connectivity index (χ0n) is 31.8. The van der Waals surface area contributed by atoms with Crippen molar-refractivity contribution in [3.05, 3.63) is 47.6 Å². The zero-order valence-corrected chi connectivity index (χ0v) is 31.8. The van der Waals surface area contributed by atoms with E-state index in [9.17, 15) is 49.8 Å². The summed E-state index contributed by atoms with van der Waals surface area (Å²) in [6.45, 7) is 8.83. The molecule has 0 saturated heterocycles. The minimum atomic E-state index is -1.57. The molecule has 10 nitrogen and oxygen atoms in total. The second kappa shape index (κ2) is 12.7. The maximum atomic E-state index is 12.4. The van der Waals surface area contributed by atoms with E-state index in [0.717, 1.165) is 43.3 Å². The molecule has 0 unspecified atom stereocenters. The van der Waals surface area contributed by atoms with Crippen LogP contribution in [0.2, 0.25) is 0 Å². The Labute approximate surface area is 312 Å². The van der Waals surface area contributed by atoms with Crippen molar-refractivity contribution in [1.82, 2.24) is 0 Å². The number of allylic oxidation sites excluding steroid dienone is 8. The van der Waals surface area contributed by atoms with Gasteiger partial charge < -0.3 is 30.6 Å². The zero-order chi connectivity index (χ0) is 38.7. The third-order valence-electron chi connectivity index (χ3n) is 16.8. The Balaban J connectivity index is 0.000000164. The van der Waals surface area contributed by atoms with Crippen molar-refractivity contribution in [3.8, 4) is 0 Å². The molecule has 290 valence electrons. The highest BCUT2D eigenvalue weighted by atomic mass is 16.3. The molecule has 6 saturated carbocycles. The number of carbonyl (C=O) groups is 4. The van der Waals surface area contributed by atoms with Gasteiger partial charge in [0.15, 0.2) is 23.1 Å². The highest BCUT2D eigenvalue weighted by Gasteiger charge is 2.70. The molecule has 15 atom stereocenters. The fourth-order valence-electron chi connectivity index (χ4n) is 14.3. The Morgan fingerprint density at radius 1 is 0.717 bits per heavy atom. The Morgan fingerprint density at radius 3 is 1.72 bits per heavy atom. The van der Waals surface area contributed by atoms with Gasteiger partial charge in [-0.1, -0.05) is 57.9 Å². The molecule has 0 radical (unpaired) electrons. The van der Waals surface area contributed by atoms with Crippen LogP contribution >= 0.6 is 0 Å². The van der Waals surface area contributed by atoms with Gasteiger partial charge in [0.25, 0.3) is 0 Å². The highest BCUT2D eigenvalue weighted by Crippen LogP contribution is 2.69. The molecule has 0 heterocycles. The molecule has 0 spiro atoms. The standard InChI is InChI=1S/C22H30O5.C21H28O5/c1-12-8-14-15-5-7-22(27,18(26)11-23)21(15,3)10-17(25)19(14)20(2)6-4-13(24)9-16(12)20;1-19-7-5-13(23)9-12(19)3-4-14-15-6-8-21(26,17(25)11-22)20(15,2)10-16(24)18(14)19/h4,6,9,12,14-15,17,19,23,25,27H,5,7-8,10-11H2,1-3H3;5,7,9,14-16,18,22,24,26H,3-4,6,8,10-11H2,1-2H3/t12-,14-,15-,17-,19+,20-,21-,22-;14-,15-,16-,18+,19-,20-,21-/m00/s1. The Morgan fingerprint density at radius 2 is 1.19 bits per heavy atom. The first-order valence-corrected chi connectivity index (χ1v) is 19.7. The summed E-state index contributed by atoms with van der Waals surface area (Å²) in [5.41, 5.74) is -3.13. The van der Waals surface area contributed by atoms with Gasteiger partial charge in [-0.3, -0.25) is 19.2 Å². The van der Waals surface area contributed by atoms with Gasteiger partial charge in [-0.25, -0.2) is 0 Å². The first kappa shape index (κ1) is 38.7. The second-order valence-corrected chi connectivity index (χ2v) is 18.9. The number of hydrogen-bond acceptors (Lipinski definition) is 10. The average molecular weight is 735 g/mol. The first-order valence-electron chi connectivity index (χ1n) is 19.7. The number of aliphatic hydroxyl groups excluding tert-OH is 4. The molecule has 6 N–H and O–H groups in total. The van der Waals surface area contributed by atoms with Crippen LogP contribution < -0.4 is 0 Å². The lowest BCUT2D eigenvalue weighted by Crippen LogP contribution is -2.62. The number of fused-ring (bicyclic) bond motifs is 10. The van der Waals surface area contributed by atoms with Crippen molar-refractivity contribution in [1.29, 1.82) is 0 Å². The number of aliphatic hydroxyl groups is 6. The molecule has 8 rings (SSSR count). The molecule has 10 heteroatoms. The maximum Gasteiger partial charge on any atom is 0.190 e. The van der Waals surface area contributed by atoms with E-state index in [-0.39, 0.29) is 63.8 Å². The van der Waals surface area contributed by atoms with Gasteiger partial charge in [0, 0.05) is 33.5 Å². The summed E-state index contributed by atoms with van der Waals surface area (Å²) < 4.78 is 0. The molecule has 8 aliphatic carbocycles. The topological polar surface area (TPSA) is 190 Å². The van der Waals surface area contributed by atoms with Crippen LogP contribution in [-0.4, -0.2) is 90.4 Å². The van der Waals surface area contributed by atoms with Crippen molar-refractivity contribution >= 4 is 23.1 Å². The van der Waals surface area contributed by atoms with E-state index in [0.29, 0.717) is 25.7 Å². The fraction of sp³-hybridized carbons (Fsp3) is 0.721. The Hall–Kier alpha value is -2.60. The maximum absolute atomic E-state index is 12.4. The van der Waals surface area contributed by atoms with Crippen molar-refractivity contribution in [2.75, 3.05) is 13.2 Å². The van der Waals surface area contributed by atoms with Gasteiger partial charge in [0.2, 0.25) is 0 Å². The number of ketones is 4. The van der Waals surface area contributed by atoms with Crippen LogP contribution in [0.25, 0.3) is 0 Å². The molecule has 0 amide bonds. The molecule has 0 aromatic heterocycles. The van der Waals surface area contributed by atoms with Gasteiger partial charge in [-0.2, -0.15) is 0 Å². The number of carbonyl (C=O) groups excluding carboxylic acids is 4. The van der Waals surface area contributed by atoms with Crippen molar-refractivity contribution in [3.63, 3.8) is 0 Å². The van der Waals surface area contributed by atoms with E-state index >= 15 is 0 Å². The Kier molecular flexibility index (Phi) is 9.28. The van der Waals surface area contributed by atoms with Crippen LogP contribution in [0.5, 0.6) is 0 Å². The summed E-state index contributed by atoms with van der Waals surface area (Å²) >= 11 is 0. The number of rotatable bonds is 4. The molecule has 0 aromatic carbocycles. The van der Waals surface area contributed by atoms with Gasteiger partial charge >= 0.3 is 0 Å². The van der Waals surface area contributed by atoms with Crippen LogP contribution in [0.3, 0.4) is 0 Å². The summed E-state index contributed by atoms with van der Waals surface area (Å²) in [7, 11) is 0. The lowest BCUT2D eigenvalue weighted by Gasteiger charge is -2.60. The SMILES string of the molecule is C[C@H]1C[C@@H]2[C@H]([C@@H](O)C[C@@]3(C)[C@H]2CC[C@]3(O)C(=O)CO)[C@@]2(C)C=CC(=O)C=C12.C[C@]12C=CC(=O)C=C1CC[C@@H]1[C@@H]2[C@@H](O)C[C@@]2(C)[C@H]1CC[C@]2(O)C(=O)CO. The van der Waals surface area contributed by atoms with Gasteiger partial charge in [-0.15, -0.1) is 0 Å². The number of hydrogen-bond donors (Lipinski definition) is 6. The summed E-state index contributed by atoms with van der Waals surface area (Å²) in [6, 6.07) is 0. The normalized spacial score (nSPS) is 50.6. The lowest BCUT2D eigenvalue weighted by atomic mass is 9.45. The van der Waals surface area contributed by atoms with Crippen molar-refractivity contribution in [2.24, 2.45) is 63.1 Å². The van der Waals surface area contributed by atoms with E-state index in [1.165, 1.54) is 0 Å². The molecular formula is C43H58O10. The van der Waals surface area contributed by atoms with Gasteiger partial charge in [0.05, 0.1) is 12.2 Å². The van der Waals surface area contributed by atoms with Crippen LogP contribution in [-0.2, 0) is 19.2 Å². The molecule has 0 bridgehead atoms. The highest BCUT2D eigenvalue weighted by molar-refractivity contribution is 6.01. The third-order valence-corrected chi connectivity index (χ3v) is 16.8. The Bertz CT molecular complexity index is 1730. The molecule has 8 aliphatic rings. The minimum Gasteiger partial charge on any atom is -0.393 e. The second-order valence-electron chi connectivity index (χ2n) is 18.9. The largest absolute Gasteiger partial charge is 0.393 e. The van der Waals surface area contributed by atoms with E-state index in [2.05, 4.69) is 20.8 Å². The van der Waals surface area contributed by atoms with E-state index in [4.69, 9.17) is 0 Å². The predicted molar refractivity (Wildman–Crippen MR) is 195 cm³/mol. The van der Waals surface area contributed by atoms with Crippen molar-refractivity contribution in [2.45, 2.75) is 116 Å². The average Bonchev–Trinajstić information content (AvgIpc) is 3.54. The smallest absolute Gasteiger partial charge is 0.190 e. The van der Waals surface area contributed by atoms with E-state index < -0.39 is 59.0 Å². The monoisotopic (exact) mass is 734 g/mol. The van der Waals surface area contributed by atoms with Gasteiger partial charge in [0.1, 0.15) is 24.4 Å². The quantitative estimate of drug-likeness (QED) is 0.250. The van der Waals surface area contributed by atoms with Crippen LogP contribution in [0.1, 0.15) is 92.4 Å². The molecule has 53 heavy (non-hydrogen) atoms. The van der Waals surface area contributed by atoms with E-state index in [1.807, 2.05) is 26.0 Å². The molecule has 0 aliphatic heterocycles. The van der Waals surface area contributed by atoms with Crippen molar-refractivity contribution < 1.29 is 49.8 Å². The molecule has 6 fully saturated rings. The summed E-state index contributed by atoms with van der Waals surface area (Å²) in [4.78, 5) is 48.5. The first-order chi connectivity index (χ1) is 24.8. The fourth-order valence-corrected chi connectivity index (χ4v) is 14.3. The third kappa shape index (κ3) is 5.18. The molecular weight excluding hydrogens is 676 g/mol. The molecule has 0 aromatic rings.